The Kier molecular flexibility index (Phi) is 6.34. The van der Waals surface area contributed by atoms with Gasteiger partial charge in [-0.25, -0.2) is 9.78 Å². The lowest BCUT2D eigenvalue weighted by Crippen LogP contribution is -2.38. The number of aliphatic hydroxyl groups excluding tert-OH is 1. The highest BCUT2D eigenvalue weighted by molar-refractivity contribution is 7.09. The van der Waals surface area contributed by atoms with Crippen LogP contribution in [0.3, 0.4) is 0 Å². The number of rotatable bonds is 6. The number of nitrogens with zero attached hydrogens (tertiary/aromatic N) is 1. The Hall–Kier alpha value is -1.92. The maximum atomic E-state index is 12.2. The zero-order chi connectivity index (χ0) is 17.6. The van der Waals surface area contributed by atoms with E-state index >= 15 is 0 Å². The van der Waals surface area contributed by atoms with Crippen LogP contribution in [0.25, 0.3) is 0 Å². The minimum atomic E-state index is -0.261. The average Bonchev–Trinajstić information content (AvgIpc) is 3.03. The molecule has 2 aromatic rings. The van der Waals surface area contributed by atoms with Gasteiger partial charge in [-0.3, -0.25) is 0 Å². The molecule has 1 atom stereocenters. The Balaban J connectivity index is 1.90. The summed E-state index contributed by atoms with van der Waals surface area (Å²) in [6.45, 7) is 6.76. The molecule has 0 bridgehead atoms. The van der Waals surface area contributed by atoms with Gasteiger partial charge in [-0.1, -0.05) is 51.1 Å². The third-order valence-corrected chi connectivity index (χ3v) is 4.87. The van der Waals surface area contributed by atoms with Gasteiger partial charge in [-0.2, -0.15) is 0 Å². The van der Waals surface area contributed by atoms with Crippen molar-refractivity contribution in [2.24, 2.45) is 0 Å². The standard InChI is InChI=1S/C18H25N3O2S/c1-18(2,3)16-20-14(12-24-16)11-19-17(23)21-15(9-10-22)13-7-5-4-6-8-13/h4-8,12,15,22H,9-11H2,1-3H3,(H2,19,21,23)/t15-/m1/s1. The predicted octanol–water partition coefficient (Wildman–Crippen LogP) is 3.36. The van der Waals surface area contributed by atoms with Crippen molar-refractivity contribution in [2.45, 2.75) is 45.2 Å². The van der Waals surface area contributed by atoms with Crippen LogP contribution in [0.5, 0.6) is 0 Å². The van der Waals surface area contributed by atoms with Crippen LogP contribution in [-0.4, -0.2) is 22.7 Å². The molecule has 1 aromatic heterocycles. The maximum absolute atomic E-state index is 12.2. The molecule has 0 radical (unpaired) electrons. The molecule has 2 amide bonds. The minimum absolute atomic E-state index is 0.0148. The Morgan fingerprint density at radius 1 is 1.29 bits per heavy atom. The first kappa shape index (κ1) is 18.4. The normalized spacial score (nSPS) is 12.7. The van der Waals surface area contributed by atoms with Crippen LogP contribution >= 0.6 is 11.3 Å². The third kappa shape index (κ3) is 5.32. The highest BCUT2D eigenvalue weighted by Gasteiger charge is 2.18. The van der Waals surface area contributed by atoms with Crippen molar-refractivity contribution in [1.82, 2.24) is 15.6 Å². The van der Waals surface area contributed by atoms with E-state index in [4.69, 9.17) is 0 Å². The van der Waals surface area contributed by atoms with Gasteiger partial charge < -0.3 is 15.7 Å². The van der Waals surface area contributed by atoms with E-state index in [1.807, 2.05) is 35.7 Å². The zero-order valence-electron chi connectivity index (χ0n) is 14.4. The molecular formula is C18H25N3O2S. The number of hydrogen-bond acceptors (Lipinski definition) is 4. The molecule has 1 aromatic carbocycles. The van der Waals surface area contributed by atoms with Crippen molar-refractivity contribution < 1.29 is 9.90 Å². The number of aromatic nitrogens is 1. The predicted molar refractivity (Wildman–Crippen MR) is 97.1 cm³/mol. The Morgan fingerprint density at radius 2 is 2.00 bits per heavy atom. The van der Waals surface area contributed by atoms with Gasteiger partial charge in [0.15, 0.2) is 0 Å². The van der Waals surface area contributed by atoms with Gasteiger partial charge in [0.2, 0.25) is 0 Å². The van der Waals surface area contributed by atoms with Crippen LogP contribution in [0, 0.1) is 0 Å². The molecule has 2 rings (SSSR count). The van der Waals surface area contributed by atoms with Crippen molar-refractivity contribution in [1.29, 1.82) is 0 Å². The number of carbonyl (C=O) groups excluding carboxylic acids is 1. The van der Waals surface area contributed by atoms with Crippen LogP contribution in [0.2, 0.25) is 0 Å². The van der Waals surface area contributed by atoms with Crippen molar-refractivity contribution in [3.8, 4) is 0 Å². The molecule has 5 nitrogen and oxygen atoms in total. The molecule has 0 aliphatic heterocycles. The summed E-state index contributed by atoms with van der Waals surface area (Å²) in [6, 6.07) is 9.17. The summed E-state index contributed by atoms with van der Waals surface area (Å²) in [4.78, 5) is 16.7. The molecule has 0 spiro atoms. The maximum Gasteiger partial charge on any atom is 0.315 e. The SMILES string of the molecule is CC(C)(C)c1nc(CNC(=O)N[C@H](CCO)c2ccccc2)cs1. The van der Waals surface area contributed by atoms with Crippen molar-refractivity contribution in [3.05, 3.63) is 52.0 Å². The summed E-state index contributed by atoms with van der Waals surface area (Å²) in [7, 11) is 0. The monoisotopic (exact) mass is 347 g/mol. The van der Waals surface area contributed by atoms with Gasteiger partial charge in [0.05, 0.1) is 23.3 Å². The highest BCUT2D eigenvalue weighted by atomic mass is 32.1. The number of benzene rings is 1. The highest BCUT2D eigenvalue weighted by Crippen LogP contribution is 2.25. The molecule has 3 N–H and O–H groups in total. The van der Waals surface area contributed by atoms with Gasteiger partial charge in [0.25, 0.3) is 0 Å². The topological polar surface area (TPSA) is 74.2 Å². The summed E-state index contributed by atoms with van der Waals surface area (Å²) in [5.74, 6) is 0. The fraction of sp³-hybridized carbons (Fsp3) is 0.444. The van der Waals surface area contributed by atoms with Gasteiger partial charge in [0, 0.05) is 17.4 Å². The number of urea groups is 1. The molecule has 1 heterocycles. The molecule has 0 aliphatic rings. The molecule has 0 unspecified atom stereocenters. The summed E-state index contributed by atoms with van der Waals surface area (Å²) in [6.07, 6.45) is 0.475. The minimum Gasteiger partial charge on any atom is -0.396 e. The van der Waals surface area contributed by atoms with Crippen LogP contribution in [0.4, 0.5) is 4.79 Å². The van der Waals surface area contributed by atoms with Gasteiger partial charge in [-0.05, 0) is 12.0 Å². The van der Waals surface area contributed by atoms with E-state index in [0.717, 1.165) is 16.3 Å². The van der Waals surface area contributed by atoms with Gasteiger partial charge >= 0.3 is 6.03 Å². The molecule has 6 heteroatoms. The zero-order valence-corrected chi connectivity index (χ0v) is 15.2. The Labute approximate surface area is 147 Å². The number of thiazole rings is 1. The lowest BCUT2D eigenvalue weighted by molar-refractivity contribution is 0.229. The van der Waals surface area contributed by atoms with Crippen LogP contribution in [0.15, 0.2) is 35.7 Å². The van der Waals surface area contributed by atoms with E-state index in [2.05, 4.69) is 36.4 Å². The Morgan fingerprint density at radius 3 is 2.58 bits per heavy atom. The van der Waals surface area contributed by atoms with E-state index in [1.54, 1.807) is 11.3 Å². The molecule has 0 fully saturated rings. The average molecular weight is 347 g/mol. The lowest BCUT2D eigenvalue weighted by Gasteiger charge is -2.18. The van der Waals surface area contributed by atoms with Gasteiger partial charge in [-0.15, -0.1) is 11.3 Å². The van der Waals surface area contributed by atoms with Crippen LogP contribution in [0.1, 0.15) is 49.5 Å². The second-order valence-electron chi connectivity index (χ2n) is 6.70. The van der Waals surface area contributed by atoms with E-state index in [9.17, 15) is 9.90 Å². The van der Waals surface area contributed by atoms with E-state index in [0.29, 0.717) is 13.0 Å². The summed E-state index contributed by atoms with van der Waals surface area (Å²) in [5, 5.41) is 18.0. The summed E-state index contributed by atoms with van der Waals surface area (Å²) in [5.41, 5.74) is 1.86. The number of carbonyl (C=O) groups is 1. The molecular weight excluding hydrogens is 322 g/mol. The fourth-order valence-electron chi connectivity index (χ4n) is 2.25. The van der Waals surface area contributed by atoms with Crippen molar-refractivity contribution in [3.63, 3.8) is 0 Å². The summed E-state index contributed by atoms with van der Waals surface area (Å²) >= 11 is 1.61. The first-order valence-corrected chi connectivity index (χ1v) is 8.93. The second kappa shape index (κ2) is 8.26. The van der Waals surface area contributed by atoms with Crippen molar-refractivity contribution in [2.75, 3.05) is 6.61 Å². The number of hydrogen-bond donors (Lipinski definition) is 3. The van der Waals surface area contributed by atoms with Crippen LogP contribution < -0.4 is 10.6 Å². The van der Waals surface area contributed by atoms with Crippen LogP contribution in [-0.2, 0) is 12.0 Å². The number of amides is 2. The lowest BCUT2D eigenvalue weighted by atomic mass is 9.98. The van der Waals surface area contributed by atoms with Crippen molar-refractivity contribution >= 4 is 17.4 Å². The van der Waals surface area contributed by atoms with Gasteiger partial charge in [0.1, 0.15) is 0 Å². The number of aliphatic hydroxyl groups is 1. The fourth-order valence-corrected chi connectivity index (χ4v) is 3.16. The summed E-state index contributed by atoms with van der Waals surface area (Å²) < 4.78 is 0. The largest absolute Gasteiger partial charge is 0.396 e. The quantitative estimate of drug-likeness (QED) is 0.750. The molecule has 24 heavy (non-hydrogen) atoms. The smallest absolute Gasteiger partial charge is 0.315 e. The van der Waals surface area contributed by atoms with E-state index in [-0.39, 0.29) is 24.1 Å². The molecule has 0 saturated heterocycles. The molecule has 0 aliphatic carbocycles. The number of nitrogens with one attached hydrogen (secondary N) is 2. The second-order valence-corrected chi connectivity index (χ2v) is 7.55. The first-order chi connectivity index (χ1) is 11.4. The third-order valence-electron chi connectivity index (χ3n) is 3.55. The first-order valence-electron chi connectivity index (χ1n) is 8.05. The van der Waals surface area contributed by atoms with E-state index < -0.39 is 0 Å². The van der Waals surface area contributed by atoms with E-state index in [1.165, 1.54) is 0 Å². The molecule has 130 valence electrons. The molecule has 0 saturated carbocycles. The Bertz CT molecular complexity index is 650.